The summed E-state index contributed by atoms with van der Waals surface area (Å²) in [6.45, 7) is 2.31. The summed E-state index contributed by atoms with van der Waals surface area (Å²) in [5.41, 5.74) is -1.81. The van der Waals surface area contributed by atoms with Gasteiger partial charge in [0.1, 0.15) is 6.54 Å². The number of carbonyl (C=O) groups excluding carboxylic acids is 1. The standard InChI is InChI=1S/C27H45NO4/c1-5-6-7-8-9-10-11-12-13-14-15-16-17-18-19-20-21-22-25(29)27(32,23-26(30)31)24-28(2,3)4/h9-10,12-13,15-16,18-19,32H,5-8,11,14,17,20-24H2,1-4H3/p+1/b10-9-,13-12-,16-15-,19-18-. The van der Waals surface area contributed by atoms with Crippen molar-refractivity contribution in [2.24, 2.45) is 0 Å². The maximum absolute atomic E-state index is 12.5. The molecule has 0 rings (SSSR count). The number of quaternary nitrogens is 1. The average molecular weight is 449 g/mol. The van der Waals surface area contributed by atoms with Gasteiger partial charge in [-0.25, -0.2) is 0 Å². The summed E-state index contributed by atoms with van der Waals surface area (Å²) in [5, 5.41) is 19.7. The van der Waals surface area contributed by atoms with Crippen LogP contribution in [0.1, 0.15) is 77.6 Å². The second-order valence-electron chi connectivity index (χ2n) is 9.45. The third-order valence-corrected chi connectivity index (χ3v) is 4.93. The number of aliphatic carboxylic acids is 1. The van der Waals surface area contributed by atoms with E-state index in [-0.39, 0.29) is 18.7 Å². The molecule has 182 valence electrons. The van der Waals surface area contributed by atoms with Crippen LogP contribution >= 0.6 is 0 Å². The summed E-state index contributed by atoms with van der Waals surface area (Å²) in [6, 6.07) is 0. The van der Waals surface area contributed by atoms with Crippen molar-refractivity contribution in [1.82, 2.24) is 0 Å². The number of nitrogens with zero attached hydrogens (tertiary/aromatic N) is 1. The highest BCUT2D eigenvalue weighted by atomic mass is 16.4. The Balaban J connectivity index is 4.05. The first kappa shape index (κ1) is 30.0. The van der Waals surface area contributed by atoms with Gasteiger partial charge in [-0.15, -0.1) is 0 Å². The monoisotopic (exact) mass is 448 g/mol. The van der Waals surface area contributed by atoms with Gasteiger partial charge in [-0.1, -0.05) is 68.4 Å². The number of carboxylic acid groups (broad SMARTS) is 1. The molecule has 5 nitrogen and oxygen atoms in total. The number of hydrogen-bond acceptors (Lipinski definition) is 3. The van der Waals surface area contributed by atoms with Gasteiger partial charge >= 0.3 is 5.97 Å². The minimum Gasteiger partial charge on any atom is -0.481 e. The molecular weight excluding hydrogens is 402 g/mol. The molecule has 32 heavy (non-hydrogen) atoms. The lowest BCUT2D eigenvalue weighted by atomic mass is 9.90. The van der Waals surface area contributed by atoms with Crippen LogP contribution in [-0.2, 0) is 9.59 Å². The van der Waals surface area contributed by atoms with E-state index in [9.17, 15) is 14.7 Å². The molecule has 0 aromatic carbocycles. The topological polar surface area (TPSA) is 74.6 Å². The lowest BCUT2D eigenvalue weighted by molar-refractivity contribution is -0.875. The fourth-order valence-corrected chi connectivity index (χ4v) is 3.45. The molecule has 0 radical (unpaired) electrons. The van der Waals surface area contributed by atoms with Gasteiger partial charge in [-0.3, -0.25) is 9.59 Å². The van der Waals surface area contributed by atoms with Crippen LogP contribution in [0.4, 0.5) is 0 Å². The van der Waals surface area contributed by atoms with Gasteiger partial charge in [0.25, 0.3) is 0 Å². The number of carbonyl (C=O) groups is 2. The molecule has 5 heteroatoms. The van der Waals surface area contributed by atoms with Crippen molar-refractivity contribution in [3.8, 4) is 0 Å². The van der Waals surface area contributed by atoms with Crippen LogP contribution in [-0.4, -0.2) is 59.7 Å². The number of hydrogen-bond donors (Lipinski definition) is 2. The Morgan fingerprint density at radius 2 is 1.25 bits per heavy atom. The Kier molecular flexibility index (Phi) is 16.5. The van der Waals surface area contributed by atoms with Crippen LogP contribution in [0.2, 0.25) is 0 Å². The summed E-state index contributed by atoms with van der Waals surface area (Å²) in [7, 11) is 5.50. The number of unbranched alkanes of at least 4 members (excludes halogenated alkanes) is 4. The van der Waals surface area contributed by atoms with E-state index in [0.717, 1.165) is 25.7 Å². The fraction of sp³-hybridized carbons (Fsp3) is 0.630. The van der Waals surface area contributed by atoms with Crippen LogP contribution in [0.15, 0.2) is 48.6 Å². The molecular formula is C27H46NO4+. The summed E-state index contributed by atoms with van der Waals surface area (Å²) in [4.78, 5) is 23.6. The molecule has 0 aliphatic carbocycles. The van der Waals surface area contributed by atoms with Crippen LogP contribution in [0.25, 0.3) is 0 Å². The van der Waals surface area contributed by atoms with Gasteiger partial charge in [0.2, 0.25) is 0 Å². The molecule has 2 N–H and O–H groups in total. The Morgan fingerprint density at radius 1 is 0.781 bits per heavy atom. The number of ketones is 1. The first-order valence-electron chi connectivity index (χ1n) is 12.0. The second-order valence-corrected chi connectivity index (χ2v) is 9.45. The molecule has 1 atom stereocenters. The maximum atomic E-state index is 12.5. The van der Waals surface area contributed by atoms with Gasteiger partial charge in [-0.2, -0.15) is 0 Å². The predicted molar refractivity (Wildman–Crippen MR) is 134 cm³/mol. The van der Waals surface area contributed by atoms with Crippen molar-refractivity contribution in [3.05, 3.63) is 48.6 Å². The third-order valence-electron chi connectivity index (χ3n) is 4.93. The van der Waals surface area contributed by atoms with E-state index in [1.807, 2.05) is 27.2 Å². The zero-order valence-electron chi connectivity index (χ0n) is 20.8. The first-order chi connectivity index (χ1) is 15.1. The Morgan fingerprint density at radius 3 is 1.69 bits per heavy atom. The number of aliphatic hydroxyl groups is 1. The normalized spacial score (nSPS) is 14.8. The summed E-state index contributed by atoms with van der Waals surface area (Å²) in [6.07, 6.45) is 26.0. The highest BCUT2D eigenvalue weighted by molar-refractivity contribution is 5.91. The first-order valence-corrected chi connectivity index (χ1v) is 12.0. The highest BCUT2D eigenvalue weighted by Gasteiger charge is 2.42. The molecule has 0 bridgehead atoms. The van der Waals surface area contributed by atoms with Crippen molar-refractivity contribution in [2.45, 2.75) is 83.2 Å². The Bertz CT molecular complexity index is 641. The number of Topliss-reactive ketones (excluding diaryl/α,β-unsaturated/α-hetero) is 1. The van der Waals surface area contributed by atoms with E-state index in [1.165, 1.54) is 25.7 Å². The van der Waals surface area contributed by atoms with E-state index in [0.29, 0.717) is 10.9 Å². The van der Waals surface area contributed by atoms with E-state index >= 15 is 0 Å². The van der Waals surface area contributed by atoms with E-state index in [1.54, 1.807) is 0 Å². The van der Waals surface area contributed by atoms with Gasteiger partial charge in [0.15, 0.2) is 11.4 Å². The molecule has 0 amide bonds. The highest BCUT2D eigenvalue weighted by Crippen LogP contribution is 2.19. The van der Waals surface area contributed by atoms with Crippen molar-refractivity contribution in [3.63, 3.8) is 0 Å². The Hall–Kier alpha value is -1.98. The lowest BCUT2D eigenvalue weighted by Gasteiger charge is -2.33. The van der Waals surface area contributed by atoms with Crippen molar-refractivity contribution >= 4 is 11.8 Å². The smallest absolute Gasteiger partial charge is 0.306 e. The van der Waals surface area contributed by atoms with E-state index in [4.69, 9.17) is 5.11 Å². The number of likely N-dealkylation sites (N-methyl/N-ethyl adjacent to an activating group) is 1. The number of carboxylic acids is 1. The molecule has 0 fully saturated rings. The minimum absolute atomic E-state index is 0.0858. The van der Waals surface area contributed by atoms with Crippen molar-refractivity contribution in [2.75, 3.05) is 27.7 Å². The van der Waals surface area contributed by atoms with E-state index in [2.05, 4.69) is 49.5 Å². The van der Waals surface area contributed by atoms with Gasteiger partial charge in [0, 0.05) is 6.42 Å². The van der Waals surface area contributed by atoms with Crippen LogP contribution < -0.4 is 0 Å². The summed E-state index contributed by atoms with van der Waals surface area (Å²) >= 11 is 0. The maximum Gasteiger partial charge on any atom is 0.306 e. The SMILES string of the molecule is CCCCC/C=C\C/C=C\C/C=C\C/C=C\CCCC(=O)C(O)(CC(=O)O)C[N+](C)(C)C. The number of rotatable bonds is 19. The molecule has 0 spiro atoms. The van der Waals surface area contributed by atoms with Crippen LogP contribution in [0, 0.1) is 0 Å². The van der Waals surface area contributed by atoms with Gasteiger partial charge in [-0.05, 0) is 44.9 Å². The molecule has 0 saturated heterocycles. The largest absolute Gasteiger partial charge is 0.481 e. The van der Waals surface area contributed by atoms with Crippen LogP contribution in [0.3, 0.4) is 0 Å². The lowest BCUT2D eigenvalue weighted by Crippen LogP contribution is -2.54. The quantitative estimate of drug-likeness (QED) is 0.153. The molecule has 0 aromatic rings. The van der Waals surface area contributed by atoms with Gasteiger partial charge < -0.3 is 14.7 Å². The molecule has 1 unspecified atom stereocenters. The number of allylic oxidation sites excluding steroid dienone is 8. The van der Waals surface area contributed by atoms with Crippen molar-refractivity contribution in [1.29, 1.82) is 0 Å². The molecule has 0 heterocycles. The predicted octanol–water partition coefficient (Wildman–Crippen LogP) is 5.61. The van der Waals surface area contributed by atoms with Gasteiger partial charge in [0.05, 0.1) is 27.6 Å². The molecule has 0 aliphatic rings. The second kappa shape index (κ2) is 17.6. The van der Waals surface area contributed by atoms with Crippen molar-refractivity contribution < 1.29 is 24.3 Å². The average Bonchev–Trinajstić information content (AvgIpc) is 2.68. The zero-order valence-corrected chi connectivity index (χ0v) is 20.8. The zero-order chi connectivity index (χ0) is 24.3. The minimum atomic E-state index is -1.81. The Labute approximate surface area is 195 Å². The van der Waals surface area contributed by atoms with E-state index < -0.39 is 18.0 Å². The summed E-state index contributed by atoms with van der Waals surface area (Å²) < 4.78 is 0.326. The molecule has 0 aromatic heterocycles. The fourth-order valence-electron chi connectivity index (χ4n) is 3.45. The molecule has 0 aliphatic heterocycles. The van der Waals surface area contributed by atoms with Crippen LogP contribution in [0.5, 0.6) is 0 Å². The third kappa shape index (κ3) is 17.7. The molecule has 0 saturated carbocycles. The summed E-state index contributed by atoms with van der Waals surface area (Å²) in [5.74, 6) is -1.54.